The molecule has 0 saturated heterocycles. The highest BCUT2D eigenvalue weighted by molar-refractivity contribution is 6.30. The topological polar surface area (TPSA) is 29.3 Å². The molecule has 0 radical (unpaired) electrons. The third kappa shape index (κ3) is 4.76. The molecule has 0 aliphatic rings. The second kappa shape index (κ2) is 8.66. The van der Waals surface area contributed by atoms with Gasteiger partial charge in [-0.3, -0.25) is 4.90 Å². The summed E-state index contributed by atoms with van der Waals surface area (Å²) >= 11 is 6.16. The number of rotatable bonds is 8. The molecule has 0 saturated carbocycles. The van der Waals surface area contributed by atoms with E-state index in [4.69, 9.17) is 17.3 Å². The fourth-order valence-electron chi connectivity index (χ4n) is 2.61. The van der Waals surface area contributed by atoms with E-state index in [9.17, 15) is 0 Å². The van der Waals surface area contributed by atoms with Crippen molar-refractivity contribution >= 4 is 11.6 Å². The predicted octanol–water partition coefficient (Wildman–Crippen LogP) is 4.49. The number of halogens is 1. The Labute approximate surface area is 129 Å². The molecule has 0 aliphatic carbocycles. The summed E-state index contributed by atoms with van der Waals surface area (Å²) in [6.07, 6.45) is 2.16. The fourth-order valence-corrected chi connectivity index (χ4v) is 2.81. The van der Waals surface area contributed by atoms with Crippen LogP contribution in [0, 0.1) is 5.92 Å². The van der Waals surface area contributed by atoms with Gasteiger partial charge in [-0.2, -0.15) is 0 Å². The van der Waals surface area contributed by atoms with Crippen LogP contribution in [-0.2, 0) is 0 Å². The lowest BCUT2D eigenvalue weighted by atomic mass is 9.95. The van der Waals surface area contributed by atoms with Gasteiger partial charge in [-0.1, -0.05) is 57.8 Å². The zero-order chi connectivity index (χ0) is 15.1. The van der Waals surface area contributed by atoms with Crippen LogP contribution >= 0.6 is 11.6 Å². The average molecular weight is 297 g/mol. The van der Waals surface area contributed by atoms with E-state index in [2.05, 4.69) is 44.7 Å². The second-order valence-corrected chi connectivity index (χ2v) is 6.11. The van der Waals surface area contributed by atoms with Gasteiger partial charge in [0.05, 0.1) is 0 Å². The Kier molecular flexibility index (Phi) is 7.57. The lowest BCUT2D eigenvalue weighted by Gasteiger charge is -2.36. The van der Waals surface area contributed by atoms with Crippen molar-refractivity contribution < 1.29 is 0 Å². The zero-order valence-corrected chi connectivity index (χ0v) is 14.0. The van der Waals surface area contributed by atoms with Gasteiger partial charge in [0.15, 0.2) is 0 Å². The average Bonchev–Trinajstić information content (AvgIpc) is 2.45. The molecular weight excluding hydrogens is 268 g/mol. The summed E-state index contributed by atoms with van der Waals surface area (Å²) in [5, 5.41) is 0.787. The minimum absolute atomic E-state index is 0.137. The maximum Gasteiger partial charge on any atom is 0.0499 e. The van der Waals surface area contributed by atoms with E-state index in [0.717, 1.165) is 24.5 Å². The molecule has 1 rings (SSSR count). The van der Waals surface area contributed by atoms with E-state index in [1.54, 1.807) is 0 Å². The van der Waals surface area contributed by atoms with Gasteiger partial charge in [-0.05, 0) is 36.6 Å². The maximum atomic E-state index is 6.41. The van der Waals surface area contributed by atoms with Gasteiger partial charge in [0, 0.05) is 23.7 Å². The van der Waals surface area contributed by atoms with E-state index in [1.807, 2.05) is 12.1 Å². The molecule has 3 heteroatoms. The second-order valence-electron chi connectivity index (χ2n) is 5.67. The van der Waals surface area contributed by atoms with E-state index >= 15 is 0 Å². The number of hydrogen-bond donors (Lipinski definition) is 1. The molecule has 0 amide bonds. The lowest BCUT2D eigenvalue weighted by molar-refractivity contribution is 0.153. The minimum atomic E-state index is 0.137. The molecule has 0 spiro atoms. The van der Waals surface area contributed by atoms with Gasteiger partial charge in [0.25, 0.3) is 0 Å². The first-order valence-electron chi connectivity index (χ1n) is 7.78. The monoisotopic (exact) mass is 296 g/mol. The van der Waals surface area contributed by atoms with Crippen molar-refractivity contribution in [3.63, 3.8) is 0 Å². The number of nitrogens with zero attached hydrogens (tertiary/aromatic N) is 1. The molecule has 3 atom stereocenters. The number of likely N-dealkylation sites (N-methyl/N-ethyl adjacent to an activating group) is 1. The summed E-state index contributed by atoms with van der Waals surface area (Å²) in [6.45, 7) is 11.0. The van der Waals surface area contributed by atoms with Crippen LogP contribution in [0.1, 0.15) is 52.1 Å². The largest absolute Gasteiger partial charge is 0.326 e. The smallest absolute Gasteiger partial charge is 0.0499 e. The van der Waals surface area contributed by atoms with Crippen LogP contribution in [0.15, 0.2) is 24.3 Å². The van der Waals surface area contributed by atoms with Crippen molar-refractivity contribution in [1.82, 2.24) is 4.90 Å². The lowest BCUT2D eigenvalue weighted by Crippen LogP contribution is -2.42. The molecule has 114 valence electrons. The molecule has 20 heavy (non-hydrogen) atoms. The molecule has 2 nitrogen and oxygen atoms in total. The van der Waals surface area contributed by atoms with Crippen molar-refractivity contribution in [3.05, 3.63) is 34.9 Å². The SMILES string of the molecule is CCC(C)CN(CC)C(c1cccc(Cl)c1)C(N)CC. The van der Waals surface area contributed by atoms with Crippen LogP contribution in [0.2, 0.25) is 5.02 Å². The van der Waals surface area contributed by atoms with Gasteiger partial charge in [-0.25, -0.2) is 0 Å². The Hall–Kier alpha value is -0.570. The minimum Gasteiger partial charge on any atom is -0.326 e. The number of nitrogens with two attached hydrogens (primary N) is 1. The number of hydrogen-bond acceptors (Lipinski definition) is 2. The molecule has 0 fully saturated rings. The molecular formula is C17H29ClN2. The third-order valence-electron chi connectivity index (χ3n) is 4.11. The van der Waals surface area contributed by atoms with Gasteiger partial charge in [0.2, 0.25) is 0 Å². The Morgan fingerprint density at radius 3 is 2.40 bits per heavy atom. The molecule has 3 unspecified atom stereocenters. The quantitative estimate of drug-likeness (QED) is 0.766. The standard InChI is InChI=1S/C17H29ClN2/c1-5-13(4)12-20(7-3)17(16(19)6-2)14-9-8-10-15(18)11-14/h8-11,13,16-17H,5-7,12,19H2,1-4H3. The van der Waals surface area contributed by atoms with Crippen LogP contribution in [0.25, 0.3) is 0 Å². The summed E-state index contributed by atoms with van der Waals surface area (Å²) in [5.74, 6) is 0.681. The van der Waals surface area contributed by atoms with Gasteiger partial charge in [0.1, 0.15) is 0 Å². The Morgan fingerprint density at radius 1 is 1.20 bits per heavy atom. The Balaban J connectivity index is 3.03. The molecule has 0 heterocycles. The van der Waals surface area contributed by atoms with E-state index in [0.29, 0.717) is 5.92 Å². The van der Waals surface area contributed by atoms with Crippen molar-refractivity contribution in [2.24, 2.45) is 11.7 Å². The summed E-state index contributed by atoms with van der Waals surface area (Å²) in [5.41, 5.74) is 7.64. The highest BCUT2D eigenvalue weighted by Gasteiger charge is 2.25. The first-order valence-corrected chi connectivity index (χ1v) is 8.16. The van der Waals surface area contributed by atoms with Gasteiger partial charge in [-0.15, -0.1) is 0 Å². The van der Waals surface area contributed by atoms with E-state index < -0.39 is 0 Å². The molecule has 2 N–H and O–H groups in total. The van der Waals surface area contributed by atoms with E-state index in [-0.39, 0.29) is 12.1 Å². The normalized spacial score (nSPS) is 16.1. The highest BCUT2D eigenvalue weighted by atomic mass is 35.5. The van der Waals surface area contributed by atoms with Crippen LogP contribution in [0.5, 0.6) is 0 Å². The first kappa shape index (κ1) is 17.5. The Bertz CT molecular complexity index is 394. The maximum absolute atomic E-state index is 6.41. The first-order chi connectivity index (χ1) is 9.53. The van der Waals surface area contributed by atoms with Crippen molar-refractivity contribution in [2.75, 3.05) is 13.1 Å². The molecule has 1 aromatic carbocycles. The third-order valence-corrected chi connectivity index (χ3v) is 4.34. The zero-order valence-electron chi connectivity index (χ0n) is 13.3. The van der Waals surface area contributed by atoms with Gasteiger partial charge >= 0.3 is 0 Å². The van der Waals surface area contributed by atoms with Crippen molar-refractivity contribution in [2.45, 2.75) is 52.6 Å². The summed E-state index contributed by atoms with van der Waals surface area (Å²) in [6, 6.07) is 8.52. The number of benzene rings is 1. The van der Waals surface area contributed by atoms with Gasteiger partial charge < -0.3 is 5.73 Å². The summed E-state index contributed by atoms with van der Waals surface area (Å²) in [7, 11) is 0. The van der Waals surface area contributed by atoms with Crippen LogP contribution < -0.4 is 5.73 Å². The summed E-state index contributed by atoms with van der Waals surface area (Å²) in [4.78, 5) is 2.49. The predicted molar refractivity (Wildman–Crippen MR) is 89.2 cm³/mol. The molecule has 0 aliphatic heterocycles. The highest BCUT2D eigenvalue weighted by Crippen LogP contribution is 2.28. The van der Waals surface area contributed by atoms with Crippen molar-refractivity contribution in [1.29, 1.82) is 0 Å². The van der Waals surface area contributed by atoms with E-state index in [1.165, 1.54) is 12.0 Å². The van der Waals surface area contributed by atoms with Crippen molar-refractivity contribution in [3.8, 4) is 0 Å². The summed E-state index contributed by atoms with van der Waals surface area (Å²) < 4.78 is 0. The van der Waals surface area contributed by atoms with Crippen LogP contribution in [0.4, 0.5) is 0 Å². The molecule has 0 aromatic heterocycles. The fraction of sp³-hybridized carbons (Fsp3) is 0.647. The molecule has 1 aromatic rings. The Morgan fingerprint density at radius 2 is 1.90 bits per heavy atom. The van der Waals surface area contributed by atoms with Crippen LogP contribution in [-0.4, -0.2) is 24.0 Å². The molecule has 0 bridgehead atoms. The van der Waals surface area contributed by atoms with Crippen LogP contribution in [0.3, 0.4) is 0 Å².